The number of rotatable bonds is 6. The van der Waals surface area contributed by atoms with E-state index in [1.807, 2.05) is 37.3 Å². The predicted molar refractivity (Wildman–Crippen MR) is 105 cm³/mol. The Morgan fingerprint density at radius 3 is 2.50 bits per heavy atom. The molecule has 1 saturated heterocycles. The molecular formula is C19H31N3O3Si. The van der Waals surface area contributed by atoms with Crippen molar-refractivity contribution in [2.45, 2.75) is 83.4 Å². The Balaban J connectivity index is 2.05. The summed E-state index contributed by atoms with van der Waals surface area (Å²) < 4.78 is 18.5. The van der Waals surface area contributed by atoms with E-state index in [1.54, 1.807) is 0 Å². The van der Waals surface area contributed by atoms with Gasteiger partial charge in [-0.05, 0) is 36.2 Å². The minimum Gasteiger partial charge on any atom is -0.392 e. The van der Waals surface area contributed by atoms with E-state index in [0.717, 1.165) is 5.56 Å². The van der Waals surface area contributed by atoms with E-state index < -0.39 is 8.32 Å². The van der Waals surface area contributed by atoms with Crippen LogP contribution in [0.3, 0.4) is 0 Å². The largest absolute Gasteiger partial charge is 0.392 e. The van der Waals surface area contributed by atoms with Crippen molar-refractivity contribution < 1.29 is 13.9 Å². The molecule has 0 saturated carbocycles. The molecule has 7 heteroatoms. The lowest BCUT2D eigenvalue weighted by atomic mass is 10.0. The van der Waals surface area contributed by atoms with Crippen LogP contribution in [0.4, 0.5) is 0 Å². The van der Waals surface area contributed by atoms with Crippen molar-refractivity contribution in [3.05, 3.63) is 46.3 Å². The van der Waals surface area contributed by atoms with Gasteiger partial charge in [-0.2, -0.15) is 0 Å². The van der Waals surface area contributed by atoms with E-state index in [0.29, 0.717) is 13.0 Å². The van der Waals surface area contributed by atoms with Gasteiger partial charge in [-0.25, -0.2) is 0 Å². The summed E-state index contributed by atoms with van der Waals surface area (Å²) >= 11 is 0. The predicted octanol–water partition coefficient (Wildman–Crippen LogP) is 5.41. The second-order valence-electron chi connectivity index (χ2n) is 8.42. The third-order valence-corrected chi connectivity index (χ3v) is 9.82. The highest BCUT2D eigenvalue weighted by Gasteiger charge is 2.44. The van der Waals surface area contributed by atoms with Gasteiger partial charge in [-0.15, -0.1) is 0 Å². The van der Waals surface area contributed by atoms with Crippen molar-refractivity contribution in [1.82, 2.24) is 0 Å². The quantitative estimate of drug-likeness (QED) is 0.288. The van der Waals surface area contributed by atoms with Gasteiger partial charge < -0.3 is 13.9 Å². The fourth-order valence-corrected chi connectivity index (χ4v) is 3.95. The Morgan fingerprint density at radius 1 is 1.27 bits per heavy atom. The van der Waals surface area contributed by atoms with Crippen molar-refractivity contribution in [1.29, 1.82) is 0 Å². The first kappa shape index (κ1) is 20.9. The molecule has 0 N–H and O–H groups in total. The third kappa shape index (κ3) is 5.31. The van der Waals surface area contributed by atoms with E-state index in [-0.39, 0.29) is 29.6 Å². The smallest absolute Gasteiger partial charge is 0.195 e. The maximum atomic E-state index is 8.99. The van der Waals surface area contributed by atoms with Gasteiger partial charge in [0.05, 0.1) is 24.9 Å². The van der Waals surface area contributed by atoms with Crippen molar-refractivity contribution in [3.8, 4) is 0 Å². The van der Waals surface area contributed by atoms with Crippen LogP contribution in [0.2, 0.25) is 18.1 Å². The van der Waals surface area contributed by atoms with Gasteiger partial charge in [-0.1, -0.05) is 56.2 Å². The SMILES string of the molecule is CC1OC(O[Si](C)(C)C(C)(C)C)CC(N=[N+]=[N-])C1OCc1ccccc1. The Morgan fingerprint density at radius 2 is 1.92 bits per heavy atom. The van der Waals surface area contributed by atoms with Gasteiger partial charge in [0.2, 0.25) is 0 Å². The lowest BCUT2D eigenvalue weighted by Gasteiger charge is -2.44. The van der Waals surface area contributed by atoms with Crippen LogP contribution in [0, 0.1) is 0 Å². The molecule has 0 aromatic heterocycles. The maximum absolute atomic E-state index is 8.99. The molecule has 1 aliphatic rings. The number of hydrogen-bond donors (Lipinski definition) is 0. The van der Waals surface area contributed by atoms with Crippen LogP contribution >= 0.6 is 0 Å². The van der Waals surface area contributed by atoms with Crippen LogP contribution in [0.25, 0.3) is 10.4 Å². The summed E-state index contributed by atoms with van der Waals surface area (Å²) in [5, 5.41) is 4.07. The third-order valence-electron chi connectivity index (χ3n) is 5.36. The zero-order valence-electron chi connectivity index (χ0n) is 16.7. The highest BCUT2D eigenvalue weighted by atomic mass is 28.4. The first-order valence-corrected chi connectivity index (χ1v) is 12.1. The summed E-state index contributed by atoms with van der Waals surface area (Å²) in [6, 6.07) is 9.66. The van der Waals surface area contributed by atoms with Crippen LogP contribution in [0.1, 0.15) is 39.7 Å². The lowest BCUT2D eigenvalue weighted by Crippen LogP contribution is -2.52. The molecule has 1 fully saturated rings. The highest BCUT2D eigenvalue weighted by Crippen LogP contribution is 2.39. The minimum absolute atomic E-state index is 0.0915. The van der Waals surface area contributed by atoms with Gasteiger partial charge in [0.1, 0.15) is 6.29 Å². The van der Waals surface area contributed by atoms with Crippen LogP contribution in [-0.4, -0.2) is 32.9 Å². The highest BCUT2D eigenvalue weighted by molar-refractivity contribution is 6.74. The Bertz CT molecular complexity index is 627. The molecular weight excluding hydrogens is 346 g/mol. The van der Waals surface area contributed by atoms with Crippen molar-refractivity contribution in [3.63, 3.8) is 0 Å². The maximum Gasteiger partial charge on any atom is 0.195 e. The molecule has 26 heavy (non-hydrogen) atoms. The second kappa shape index (κ2) is 8.54. The van der Waals surface area contributed by atoms with Gasteiger partial charge in [0, 0.05) is 11.3 Å². The van der Waals surface area contributed by atoms with Crippen molar-refractivity contribution >= 4 is 8.32 Å². The number of ether oxygens (including phenoxy) is 2. The Labute approximate surface area is 157 Å². The van der Waals surface area contributed by atoms with Gasteiger partial charge in [0.15, 0.2) is 8.32 Å². The van der Waals surface area contributed by atoms with Gasteiger partial charge >= 0.3 is 0 Å². The van der Waals surface area contributed by atoms with Crippen molar-refractivity contribution in [2.75, 3.05) is 0 Å². The topological polar surface area (TPSA) is 76.5 Å². The molecule has 144 valence electrons. The van der Waals surface area contributed by atoms with Gasteiger partial charge in [0.25, 0.3) is 0 Å². The Hall–Kier alpha value is -1.37. The molecule has 1 aromatic carbocycles. The molecule has 4 atom stereocenters. The zero-order valence-corrected chi connectivity index (χ0v) is 17.7. The summed E-state index contributed by atoms with van der Waals surface area (Å²) in [4.78, 5) is 3.02. The van der Waals surface area contributed by atoms with E-state index >= 15 is 0 Å². The monoisotopic (exact) mass is 377 g/mol. The van der Waals surface area contributed by atoms with Crippen LogP contribution in [0.5, 0.6) is 0 Å². The minimum atomic E-state index is -1.97. The summed E-state index contributed by atoms with van der Waals surface area (Å²) in [5.74, 6) is 0. The molecule has 6 nitrogen and oxygen atoms in total. The van der Waals surface area contributed by atoms with Crippen molar-refractivity contribution in [2.24, 2.45) is 5.11 Å². The average molecular weight is 378 g/mol. The zero-order chi connectivity index (χ0) is 19.4. The summed E-state index contributed by atoms with van der Waals surface area (Å²) in [7, 11) is -1.97. The fourth-order valence-electron chi connectivity index (χ4n) is 2.79. The van der Waals surface area contributed by atoms with Crippen LogP contribution in [0.15, 0.2) is 35.4 Å². The second-order valence-corrected chi connectivity index (χ2v) is 13.2. The molecule has 1 aliphatic heterocycles. The number of nitrogens with zero attached hydrogens (tertiary/aromatic N) is 3. The van der Waals surface area contributed by atoms with E-state index in [9.17, 15) is 0 Å². The van der Waals surface area contributed by atoms with E-state index in [1.165, 1.54) is 0 Å². The molecule has 0 spiro atoms. The average Bonchev–Trinajstić information content (AvgIpc) is 2.54. The lowest BCUT2D eigenvalue weighted by molar-refractivity contribution is -0.205. The first-order valence-electron chi connectivity index (χ1n) is 9.17. The standard InChI is InChI=1S/C19H31N3O3Si/c1-14-18(23-13-15-10-8-7-9-11-15)16(21-22-20)12-17(24-14)25-26(5,6)19(2,3)4/h7-11,14,16-18H,12-13H2,1-6H3. The van der Waals surface area contributed by atoms with Crippen LogP contribution in [-0.2, 0) is 20.5 Å². The molecule has 0 bridgehead atoms. The van der Waals surface area contributed by atoms with Crippen LogP contribution < -0.4 is 0 Å². The fraction of sp³-hybridized carbons (Fsp3) is 0.684. The summed E-state index contributed by atoms with van der Waals surface area (Å²) in [6.07, 6.45) is -0.346. The van der Waals surface area contributed by atoms with Gasteiger partial charge in [-0.3, -0.25) is 0 Å². The van der Waals surface area contributed by atoms with E-state index in [2.05, 4.69) is 43.9 Å². The summed E-state index contributed by atoms with van der Waals surface area (Å²) in [5.41, 5.74) is 10.1. The summed E-state index contributed by atoms with van der Waals surface area (Å²) in [6.45, 7) is 13.4. The Kier molecular flexibility index (Phi) is 6.88. The molecule has 1 heterocycles. The normalized spacial score (nSPS) is 27.0. The molecule has 0 aliphatic carbocycles. The number of benzene rings is 1. The molecule has 0 amide bonds. The number of azide groups is 1. The number of hydrogen-bond acceptors (Lipinski definition) is 4. The van der Waals surface area contributed by atoms with E-state index in [4.69, 9.17) is 19.4 Å². The molecule has 1 aromatic rings. The first-order chi connectivity index (χ1) is 12.1. The molecule has 2 rings (SSSR count). The molecule has 4 unspecified atom stereocenters. The molecule has 0 radical (unpaired) electrons.